The van der Waals surface area contributed by atoms with Gasteiger partial charge in [-0.3, -0.25) is 19.2 Å². The zero-order valence-corrected chi connectivity index (χ0v) is 26.1. The fourth-order valence-electron chi connectivity index (χ4n) is 7.00. The van der Waals surface area contributed by atoms with Gasteiger partial charge >= 0.3 is 0 Å². The number of aliphatic hydroxyl groups is 6. The molecule has 9 N–H and O–H groups in total. The predicted octanol–water partition coefficient (Wildman–Crippen LogP) is 0.279. The number of carbonyl (C=O) groups excluding carboxylic acids is 4. The van der Waals surface area contributed by atoms with Crippen LogP contribution in [-0.2, 0) is 59.9 Å². The molecule has 2 unspecified atom stereocenters. The van der Waals surface area contributed by atoms with Crippen molar-refractivity contribution in [2.45, 2.75) is 57.4 Å². The second-order valence-electron chi connectivity index (χ2n) is 11.9. The molecule has 2 atom stereocenters. The van der Waals surface area contributed by atoms with Crippen LogP contribution in [0.4, 0.5) is 0 Å². The average Bonchev–Trinajstić information content (AvgIpc) is 3.75. The molecule has 3 aliphatic rings. The molecular formula is C33H33N3O12. The molecule has 252 valence electrons. The Hall–Kier alpha value is -4.90. The molecule has 0 amide bonds. The standard InChI is InChI=1S/C33H33N3O12/c1-13-5-32(45,6-14-17(10-38)34-26-20(41)4-21(47-2)28(43)23(14)26)30-24(27(13)42)15(18(11-39)35-30)7-33(46)8-22(48-3)29(44)25-16(9-37)19(12-40)36-31(25)33/h4-5,8,34-40,45-46H,6-7,9-12H2,1-3H3. The zero-order chi connectivity index (χ0) is 34.9. The Morgan fingerprint density at radius 1 is 0.625 bits per heavy atom. The van der Waals surface area contributed by atoms with Gasteiger partial charge in [-0.2, -0.15) is 0 Å². The molecule has 15 heteroatoms. The van der Waals surface area contributed by atoms with Crippen molar-refractivity contribution in [1.82, 2.24) is 15.0 Å². The largest absolute Gasteiger partial charge is 0.493 e. The van der Waals surface area contributed by atoms with Crippen LogP contribution < -0.4 is 0 Å². The summed E-state index contributed by atoms with van der Waals surface area (Å²) in [6, 6.07) is 0. The number of aromatic amines is 3. The second kappa shape index (κ2) is 11.7. The highest BCUT2D eigenvalue weighted by atomic mass is 16.5. The first kappa shape index (κ1) is 33.0. The number of ether oxygens (including phenoxy) is 2. The smallest absolute Gasteiger partial charge is 0.230 e. The fraction of sp³-hybridized carbons (Fsp3) is 0.333. The molecule has 3 heterocycles. The minimum absolute atomic E-state index is 0.0415. The SMILES string of the molecule is COC1=CC(=O)c2[nH]c(CO)c(CC3(O)C=C(C)C(=O)c4c3[nH]c(CO)c4CC3(O)C=C(OC)C(=O)c4c3[nH]c(CO)c4CO)c2C1=O. The predicted molar refractivity (Wildman–Crippen MR) is 163 cm³/mol. The van der Waals surface area contributed by atoms with E-state index in [2.05, 4.69) is 15.0 Å². The van der Waals surface area contributed by atoms with Crippen LogP contribution in [-0.4, -0.2) is 82.9 Å². The first-order chi connectivity index (χ1) is 22.8. The molecule has 0 fully saturated rings. The van der Waals surface area contributed by atoms with Crippen LogP contribution in [0.3, 0.4) is 0 Å². The molecule has 15 nitrogen and oxygen atoms in total. The van der Waals surface area contributed by atoms with Gasteiger partial charge in [0.1, 0.15) is 11.2 Å². The van der Waals surface area contributed by atoms with Gasteiger partial charge in [-0.1, -0.05) is 0 Å². The lowest BCUT2D eigenvalue weighted by Crippen LogP contribution is -2.36. The van der Waals surface area contributed by atoms with Crippen LogP contribution in [0.1, 0.15) is 93.6 Å². The minimum Gasteiger partial charge on any atom is -0.493 e. The molecule has 3 aromatic rings. The summed E-state index contributed by atoms with van der Waals surface area (Å²) in [7, 11) is 2.44. The van der Waals surface area contributed by atoms with E-state index < -0.39 is 73.6 Å². The Balaban J connectivity index is 1.52. The van der Waals surface area contributed by atoms with Crippen molar-refractivity contribution < 1.29 is 59.3 Å². The van der Waals surface area contributed by atoms with Gasteiger partial charge in [0.25, 0.3) is 0 Å². The molecule has 3 aromatic heterocycles. The summed E-state index contributed by atoms with van der Waals surface area (Å²) >= 11 is 0. The number of ketones is 4. The number of aromatic nitrogens is 3. The van der Waals surface area contributed by atoms with E-state index in [-0.39, 0.29) is 84.6 Å². The van der Waals surface area contributed by atoms with Crippen LogP contribution >= 0.6 is 0 Å². The van der Waals surface area contributed by atoms with Gasteiger partial charge in [0.05, 0.1) is 68.9 Å². The van der Waals surface area contributed by atoms with Gasteiger partial charge in [-0.05, 0) is 35.8 Å². The highest BCUT2D eigenvalue weighted by Gasteiger charge is 2.47. The zero-order valence-electron chi connectivity index (χ0n) is 26.1. The van der Waals surface area contributed by atoms with E-state index in [0.717, 1.165) is 12.2 Å². The van der Waals surface area contributed by atoms with Gasteiger partial charge in [0, 0.05) is 47.1 Å². The van der Waals surface area contributed by atoms with E-state index in [1.165, 1.54) is 27.2 Å². The third-order valence-corrected chi connectivity index (χ3v) is 9.23. The first-order valence-electron chi connectivity index (χ1n) is 14.8. The van der Waals surface area contributed by atoms with E-state index >= 15 is 0 Å². The van der Waals surface area contributed by atoms with Crippen molar-refractivity contribution in [3.63, 3.8) is 0 Å². The van der Waals surface area contributed by atoms with Gasteiger partial charge in [0.2, 0.25) is 17.3 Å². The monoisotopic (exact) mass is 663 g/mol. The summed E-state index contributed by atoms with van der Waals surface area (Å²) in [5.41, 5.74) is -4.24. The van der Waals surface area contributed by atoms with Crippen LogP contribution in [0.25, 0.3) is 0 Å². The Labute approximate surface area is 271 Å². The summed E-state index contributed by atoms with van der Waals surface area (Å²) in [4.78, 5) is 61.7. The lowest BCUT2D eigenvalue weighted by molar-refractivity contribution is 0.0656. The van der Waals surface area contributed by atoms with Crippen molar-refractivity contribution >= 4 is 23.1 Å². The quantitative estimate of drug-likeness (QED) is 0.142. The number of rotatable bonds is 10. The lowest BCUT2D eigenvalue weighted by atomic mass is 9.76. The van der Waals surface area contributed by atoms with E-state index in [1.807, 2.05) is 0 Å². The van der Waals surface area contributed by atoms with E-state index in [0.29, 0.717) is 0 Å². The average molecular weight is 664 g/mol. The summed E-state index contributed by atoms with van der Waals surface area (Å²) in [5, 5.41) is 65.0. The summed E-state index contributed by atoms with van der Waals surface area (Å²) in [6.07, 6.45) is 2.54. The summed E-state index contributed by atoms with van der Waals surface area (Å²) in [6.45, 7) is -1.10. The number of methoxy groups -OCH3 is 2. The maximum absolute atomic E-state index is 13.8. The van der Waals surface area contributed by atoms with E-state index in [4.69, 9.17) is 9.47 Å². The molecule has 0 aliphatic heterocycles. The molecule has 0 radical (unpaired) electrons. The molecule has 0 aromatic carbocycles. The third-order valence-electron chi connectivity index (χ3n) is 9.23. The van der Waals surface area contributed by atoms with Gasteiger partial charge in [0.15, 0.2) is 17.3 Å². The molecule has 0 spiro atoms. The number of nitrogens with one attached hydrogen (secondary N) is 3. The van der Waals surface area contributed by atoms with Gasteiger partial charge in [-0.15, -0.1) is 0 Å². The minimum atomic E-state index is -2.11. The van der Waals surface area contributed by atoms with Crippen LogP contribution in [0.15, 0.2) is 35.3 Å². The number of Topliss-reactive ketones (excluding diaryl/α,β-unsaturated/α-hetero) is 3. The number of allylic oxidation sites excluding steroid dienone is 4. The number of fused-ring (bicyclic) bond motifs is 3. The van der Waals surface area contributed by atoms with Crippen molar-refractivity contribution in [1.29, 1.82) is 0 Å². The highest BCUT2D eigenvalue weighted by molar-refractivity contribution is 6.24. The van der Waals surface area contributed by atoms with Crippen molar-refractivity contribution in [3.8, 4) is 0 Å². The normalized spacial score (nSPS) is 21.8. The van der Waals surface area contributed by atoms with Crippen LogP contribution in [0.5, 0.6) is 0 Å². The van der Waals surface area contributed by atoms with Gasteiger partial charge < -0.3 is 55.1 Å². The number of carbonyl (C=O) groups is 4. The Bertz CT molecular complexity index is 2020. The molecule has 3 aliphatic carbocycles. The Kier molecular flexibility index (Phi) is 8.02. The molecule has 0 bridgehead atoms. The molecule has 0 saturated carbocycles. The Morgan fingerprint density at radius 2 is 1.10 bits per heavy atom. The van der Waals surface area contributed by atoms with Crippen molar-refractivity contribution in [2.75, 3.05) is 14.2 Å². The maximum atomic E-state index is 13.8. The number of hydrogen-bond acceptors (Lipinski definition) is 12. The number of hydrogen-bond donors (Lipinski definition) is 9. The number of aliphatic hydroxyl groups excluding tert-OH is 4. The lowest BCUT2D eigenvalue weighted by Gasteiger charge is -2.32. The van der Waals surface area contributed by atoms with Crippen molar-refractivity contribution in [2.24, 2.45) is 0 Å². The fourth-order valence-corrected chi connectivity index (χ4v) is 7.00. The van der Waals surface area contributed by atoms with Gasteiger partial charge in [-0.25, -0.2) is 0 Å². The maximum Gasteiger partial charge on any atom is 0.230 e. The second-order valence-corrected chi connectivity index (χ2v) is 11.9. The molecule has 48 heavy (non-hydrogen) atoms. The molecule has 0 saturated heterocycles. The third kappa shape index (κ3) is 4.66. The van der Waals surface area contributed by atoms with E-state index in [1.54, 1.807) is 0 Å². The first-order valence-corrected chi connectivity index (χ1v) is 14.8. The Morgan fingerprint density at radius 3 is 1.65 bits per heavy atom. The highest BCUT2D eigenvalue weighted by Crippen LogP contribution is 2.45. The van der Waals surface area contributed by atoms with Crippen LogP contribution in [0, 0.1) is 0 Å². The summed E-state index contributed by atoms with van der Waals surface area (Å²) in [5.74, 6) is -2.95. The number of H-pyrrole nitrogens is 3. The van der Waals surface area contributed by atoms with E-state index in [9.17, 15) is 49.8 Å². The molecular weight excluding hydrogens is 630 g/mol. The van der Waals surface area contributed by atoms with Crippen molar-refractivity contribution in [3.05, 3.63) is 103 Å². The topological polar surface area (TPSA) is 255 Å². The van der Waals surface area contributed by atoms with Crippen LogP contribution in [0.2, 0.25) is 0 Å². The summed E-state index contributed by atoms with van der Waals surface area (Å²) < 4.78 is 10.3. The molecule has 6 rings (SSSR count).